The van der Waals surface area contributed by atoms with Crippen LogP contribution in [0, 0.1) is 0 Å². The first-order valence-corrected chi connectivity index (χ1v) is 9.00. The fourth-order valence-corrected chi connectivity index (χ4v) is 2.99. The number of fused-ring (bicyclic) bond motifs is 1. The maximum atomic E-state index is 12.0. The SMILES string of the molecule is O=C(CC/C=C/C=C/C=C/c1ccc2c(c1)OCO2)N1CCCCC1. The smallest absolute Gasteiger partial charge is 0.231 e. The van der Waals surface area contributed by atoms with E-state index in [1.165, 1.54) is 6.42 Å². The molecule has 0 radical (unpaired) electrons. The van der Waals surface area contributed by atoms with Crippen molar-refractivity contribution in [1.82, 2.24) is 4.90 Å². The zero-order chi connectivity index (χ0) is 17.3. The third-order valence-corrected chi connectivity index (χ3v) is 4.39. The molecule has 3 rings (SSSR count). The van der Waals surface area contributed by atoms with Crippen molar-refractivity contribution in [3.05, 3.63) is 54.1 Å². The molecule has 1 saturated heterocycles. The quantitative estimate of drug-likeness (QED) is 0.724. The number of allylic oxidation sites excluding steroid dienone is 5. The molecule has 1 fully saturated rings. The standard InChI is InChI=1S/C21H25NO3/c23-21(22-14-8-5-9-15-22)11-7-4-2-1-3-6-10-18-12-13-19-20(16-18)25-17-24-19/h1-4,6,10,12-13,16H,5,7-9,11,14-15,17H2/b3-1+,4-2+,10-6+. The summed E-state index contributed by atoms with van der Waals surface area (Å²) in [6.45, 7) is 2.17. The van der Waals surface area contributed by atoms with Gasteiger partial charge in [-0.15, -0.1) is 0 Å². The van der Waals surface area contributed by atoms with E-state index < -0.39 is 0 Å². The maximum absolute atomic E-state index is 12.0. The van der Waals surface area contributed by atoms with E-state index in [0.29, 0.717) is 13.2 Å². The molecule has 4 nitrogen and oxygen atoms in total. The highest BCUT2D eigenvalue weighted by Crippen LogP contribution is 2.32. The number of benzene rings is 1. The van der Waals surface area contributed by atoms with Gasteiger partial charge in [0.15, 0.2) is 11.5 Å². The number of ether oxygens (including phenoxy) is 2. The summed E-state index contributed by atoms with van der Waals surface area (Å²) in [5.41, 5.74) is 1.07. The lowest BCUT2D eigenvalue weighted by atomic mass is 10.1. The molecule has 1 amide bonds. The van der Waals surface area contributed by atoms with Crippen molar-refractivity contribution in [1.29, 1.82) is 0 Å². The molecule has 1 aromatic carbocycles. The summed E-state index contributed by atoms with van der Waals surface area (Å²) < 4.78 is 10.7. The monoisotopic (exact) mass is 339 g/mol. The Labute approximate surface area is 149 Å². The number of hydrogen-bond acceptors (Lipinski definition) is 3. The second-order valence-corrected chi connectivity index (χ2v) is 6.26. The molecule has 0 N–H and O–H groups in total. The maximum Gasteiger partial charge on any atom is 0.231 e. The van der Waals surface area contributed by atoms with Crippen LogP contribution in [0.1, 0.15) is 37.7 Å². The van der Waals surface area contributed by atoms with E-state index >= 15 is 0 Å². The Morgan fingerprint density at radius 1 is 1.00 bits per heavy atom. The van der Waals surface area contributed by atoms with Gasteiger partial charge in [0, 0.05) is 19.5 Å². The van der Waals surface area contributed by atoms with Gasteiger partial charge in [-0.3, -0.25) is 4.79 Å². The third kappa shape index (κ3) is 5.24. The van der Waals surface area contributed by atoms with Crippen LogP contribution < -0.4 is 9.47 Å². The van der Waals surface area contributed by atoms with Crippen molar-refractivity contribution in [2.75, 3.05) is 19.9 Å². The van der Waals surface area contributed by atoms with Crippen LogP contribution in [0.5, 0.6) is 11.5 Å². The van der Waals surface area contributed by atoms with Crippen molar-refractivity contribution >= 4 is 12.0 Å². The number of rotatable bonds is 6. The van der Waals surface area contributed by atoms with Crippen LogP contribution in [0.2, 0.25) is 0 Å². The van der Waals surface area contributed by atoms with E-state index in [1.807, 2.05) is 59.6 Å². The van der Waals surface area contributed by atoms with Gasteiger partial charge in [0.2, 0.25) is 12.7 Å². The Bertz CT molecular complexity index is 670. The molecule has 2 heterocycles. The van der Waals surface area contributed by atoms with Gasteiger partial charge in [-0.1, -0.05) is 42.5 Å². The molecule has 1 aromatic rings. The average molecular weight is 339 g/mol. The molecule has 0 saturated carbocycles. The van der Waals surface area contributed by atoms with E-state index in [1.54, 1.807) is 0 Å². The third-order valence-electron chi connectivity index (χ3n) is 4.39. The number of carbonyl (C=O) groups excluding carboxylic acids is 1. The Kier molecular flexibility index (Phi) is 6.32. The summed E-state index contributed by atoms with van der Waals surface area (Å²) in [4.78, 5) is 14.0. The van der Waals surface area contributed by atoms with Gasteiger partial charge < -0.3 is 14.4 Å². The van der Waals surface area contributed by atoms with Gasteiger partial charge in [0.05, 0.1) is 0 Å². The topological polar surface area (TPSA) is 38.8 Å². The first-order chi connectivity index (χ1) is 12.3. The van der Waals surface area contributed by atoms with Crippen LogP contribution in [-0.2, 0) is 4.79 Å². The second kappa shape index (κ2) is 9.11. The normalized spacial score (nSPS) is 17.2. The van der Waals surface area contributed by atoms with Gasteiger partial charge >= 0.3 is 0 Å². The number of piperidine rings is 1. The van der Waals surface area contributed by atoms with Crippen LogP contribution in [0.25, 0.3) is 6.08 Å². The molecule has 0 spiro atoms. The van der Waals surface area contributed by atoms with Gasteiger partial charge in [-0.05, 0) is 43.4 Å². The lowest BCUT2D eigenvalue weighted by molar-refractivity contribution is -0.131. The summed E-state index contributed by atoms with van der Waals surface area (Å²) in [6.07, 6.45) is 17.0. The number of hydrogen-bond donors (Lipinski definition) is 0. The highest BCUT2D eigenvalue weighted by atomic mass is 16.7. The summed E-state index contributed by atoms with van der Waals surface area (Å²) in [7, 11) is 0. The predicted molar refractivity (Wildman–Crippen MR) is 99.5 cm³/mol. The van der Waals surface area contributed by atoms with E-state index in [0.717, 1.165) is 49.4 Å². The van der Waals surface area contributed by atoms with Crippen LogP contribution in [-0.4, -0.2) is 30.7 Å². The Morgan fingerprint density at radius 2 is 1.80 bits per heavy atom. The number of amides is 1. The van der Waals surface area contributed by atoms with Crippen molar-refractivity contribution in [2.45, 2.75) is 32.1 Å². The van der Waals surface area contributed by atoms with E-state index in [4.69, 9.17) is 9.47 Å². The lowest BCUT2D eigenvalue weighted by Gasteiger charge is -2.26. The van der Waals surface area contributed by atoms with Crippen LogP contribution in [0.3, 0.4) is 0 Å². The summed E-state index contributed by atoms with van der Waals surface area (Å²) >= 11 is 0. The van der Waals surface area contributed by atoms with Crippen LogP contribution in [0.15, 0.2) is 48.6 Å². The molecule has 4 heteroatoms. The largest absolute Gasteiger partial charge is 0.454 e. The molecule has 0 aromatic heterocycles. The zero-order valence-electron chi connectivity index (χ0n) is 14.5. The Balaban J connectivity index is 1.36. The minimum atomic E-state index is 0.288. The molecule has 2 aliphatic heterocycles. The number of carbonyl (C=O) groups is 1. The first kappa shape index (κ1) is 17.3. The Morgan fingerprint density at radius 3 is 2.68 bits per heavy atom. The van der Waals surface area contributed by atoms with Crippen molar-refractivity contribution < 1.29 is 14.3 Å². The lowest BCUT2D eigenvalue weighted by Crippen LogP contribution is -2.35. The van der Waals surface area contributed by atoms with E-state index in [9.17, 15) is 4.79 Å². The highest BCUT2D eigenvalue weighted by molar-refractivity contribution is 5.76. The van der Waals surface area contributed by atoms with Crippen LogP contribution >= 0.6 is 0 Å². The molecule has 0 bridgehead atoms. The average Bonchev–Trinajstić information content (AvgIpc) is 3.12. The summed E-state index contributed by atoms with van der Waals surface area (Å²) in [5.74, 6) is 1.88. The fourth-order valence-electron chi connectivity index (χ4n) is 2.99. The van der Waals surface area contributed by atoms with Gasteiger partial charge in [-0.2, -0.15) is 0 Å². The van der Waals surface area contributed by atoms with Crippen molar-refractivity contribution in [3.8, 4) is 11.5 Å². The summed E-state index contributed by atoms with van der Waals surface area (Å²) in [5, 5.41) is 0. The molecular formula is C21H25NO3. The highest BCUT2D eigenvalue weighted by Gasteiger charge is 2.15. The van der Waals surface area contributed by atoms with Gasteiger partial charge in [0.25, 0.3) is 0 Å². The van der Waals surface area contributed by atoms with E-state index in [2.05, 4.69) is 0 Å². The first-order valence-electron chi connectivity index (χ1n) is 9.00. The summed E-state index contributed by atoms with van der Waals surface area (Å²) in [6, 6.07) is 5.89. The molecule has 2 aliphatic rings. The minimum absolute atomic E-state index is 0.288. The predicted octanol–water partition coefficient (Wildman–Crippen LogP) is 4.33. The fraction of sp³-hybridized carbons (Fsp3) is 0.381. The van der Waals surface area contributed by atoms with Crippen LogP contribution in [0.4, 0.5) is 0 Å². The molecule has 0 atom stereocenters. The van der Waals surface area contributed by atoms with Crippen molar-refractivity contribution in [3.63, 3.8) is 0 Å². The number of nitrogens with zero attached hydrogens (tertiary/aromatic N) is 1. The minimum Gasteiger partial charge on any atom is -0.454 e. The molecule has 0 aliphatic carbocycles. The van der Waals surface area contributed by atoms with Gasteiger partial charge in [-0.25, -0.2) is 0 Å². The molecular weight excluding hydrogens is 314 g/mol. The molecule has 25 heavy (non-hydrogen) atoms. The second-order valence-electron chi connectivity index (χ2n) is 6.26. The molecule has 0 unspecified atom stereocenters. The van der Waals surface area contributed by atoms with Gasteiger partial charge in [0.1, 0.15) is 0 Å². The molecule has 132 valence electrons. The zero-order valence-corrected chi connectivity index (χ0v) is 14.5. The van der Waals surface area contributed by atoms with E-state index in [-0.39, 0.29) is 5.91 Å². The number of likely N-dealkylation sites (tertiary alicyclic amines) is 1. The van der Waals surface area contributed by atoms with Crippen molar-refractivity contribution in [2.24, 2.45) is 0 Å². The Hall–Kier alpha value is -2.49.